The molecule has 0 unspecified atom stereocenters. The van der Waals surface area contributed by atoms with Gasteiger partial charge in [-0.3, -0.25) is 0 Å². The van der Waals surface area contributed by atoms with Crippen molar-refractivity contribution in [3.8, 4) is 17.0 Å². The van der Waals surface area contributed by atoms with Gasteiger partial charge in [-0.25, -0.2) is 0 Å². The van der Waals surface area contributed by atoms with E-state index in [0.29, 0.717) is 43.0 Å². The number of hydrogen-bond donors (Lipinski definition) is 0. The number of hydrogen-bond acceptors (Lipinski definition) is 3. The average Bonchev–Trinajstić information content (AvgIpc) is 3.37. The lowest BCUT2D eigenvalue weighted by molar-refractivity contribution is 0.300. The molecule has 7 heteroatoms. The summed E-state index contributed by atoms with van der Waals surface area (Å²) in [5.74, 6) is 1.67. The van der Waals surface area contributed by atoms with E-state index < -0.39 is 0 Å². The molecule has 3 nitrogen and oxygen atoms in total. The molecule has 0 atom stereocenters. The minimum Gasteiger partial charge on any atom is -0.487 e. The van der Waals surface area contributed by atoms with Gasteiger partial charge in [-0.15, -0.1) is 0 Å². The summed E-state index contributed by atoms with van der Waals surface area (Å²) in [7, 11) is 0. The third-order valence-electron chi connectivity index (χ3n) is 4.23. The Morgan fingerprint density at radius 1 is 1.00 bits per heavy atom. The Labute approximate surface area is 170 Å². The van der Waals surface area contributed by atoms with E-state index in [0.717, 1.165) is 24.2 Å². The number of ether oxygens (including phenoxy) is 1. The molecule has 0 amide bonds. The highest BCUT2D eigenvalue weighted by Crippen LogP contribution is 2.46. The summed E-state index contributed by atoms with van der Waals surface area (Å²) in [4.78, 5) is 0. The summed E-state index contributed by atoms with van der Waals surface area (Å²) in [6.07, 6.45) is 2.13. The van der Waals surface area contributed by atoms with Gasteiger partial charge >= 0.3 is 0 Å². The van der Waals surface area contributed by atoms with Crippen LogP contribution in [0.1, 0.15) is 30.1 Å². The van der Waals surface area contributed by atoms with Crippen molar-refractivity contribution >= 4 is 46.4 Å². The van der Waals surface area contributed by atoms with Crippen LogP contribution in [0, 0.1) is 0 Å². The molecule has 1 heterocycles. The van der Waals surface area contributed by atoms with Crippen LogP contribution in [-0.2, 0) is 6.61 Å². The zero-order valence-corrected chi connectivity index (χ0v) is 16.5. The van der Waals surface area contributed by atoms with Gasteiger partial charge in [0, 0.05) is 22.6 Å². The van der Waals surface area contributed by atoms with Crippen LogP contribution in [0.4, 0.5) is 0 Å². The van der Waals surface area contributed by atoms with Crippen LogP contribution < -0.4 is 4.74 Å². The van der Waals surface area contributed by atoms with Crippen molar-refractivity contribution in [2.45, 2.75) is 25.4 Å². The van der Waals surface area contributed by atoms with Gasteiger partial charge in [-0.1, -0.05) is 57.6 Å². The standard InChI is InChI=1S/C19H13Cl4NO2/c20-11-6-7-13(21)16(8-11)25-9-12-18(24-26-19(12)10-4-5-10)17-14(22)2-1-3-15(17)23/h1-3,6-8,10H,4-5,9H2. The van der Waals surface area contributed by atoms with Gasteiger partial charge in [0.2, 0.25) is 0 Å². The molecule has 134 valence electrons. The maximum atomic E-state index is 6.36. The van der Waals surface area contributed by atoms with Crippen LogP contribution in [-0.4, -0.2) is 5.16 Å². The van der Waals surface area contributed by atoms with E-state index >= 15 is 0 Å². The molecular formula is C19H13Cl4NO2. The highest BCUT2D eigenvalue weighted by molar-refractivity contribution is 6.39. The number of benzene rings is 2. The average molecular weight is 429 g/mol. The first-order valence-corrected chi connectivity index (χ1v) is 9.56. The van der Waals surface area contributed by atoms with Gasteiger partial charge in [-0.2, -0.15) is 0 Å². The van der Waals surface area contributed by atoms with E-state index in [-0.39, 0.29) is 6.61 Å². The lowest BCUT2D eigenvalue weighted by Gasteiger charge is -2.10. The van der Waals surface area contributed by atoms with Gasteiger partial charge in [0.05, 0.1) is 20.6 Å². The molecule has 3 aromatic rings. The Hall–Kier alpha value is -1.39. The molecule has 2 aromatic carbocycles. The quantitative estimate of drug-likeness (QED) is 0.424. The van der Waals surface area contributed by atoms with Crippen molar-refractivity contribution in [2.75, 3.05) is 0 Å². The largest absolute Gasteiger partial charge is 0.487 e. The zero-order valence-electron chi connectivity index (χ0n) is 13.4. The van der Waals surface area contributed by atoms with Crippen molar-refractivity contribution < 1.29 is 9.26 Å². The fourth-order valence-corrected chi connectivity index (χ4v) is 3.70. The maximum absolute atomic E-state index is 6.36. The molecule has 1 aliphatic rings. The molecule has 0 saturated heterocycles. The zero-order chi connectivity index (χ0) is 18.3. The predicted molar refractivity (Wildman–Crippen MR) is 105 cm³/mol. The molecule has 0 N–H and O–H groups in total. The van der Waals surface area contributed by atoms with Crippen LogP contribution >= 0.6 is 46.4 Å². The number of nitrogens with zero attached hydrogens (tertiary/aromatic N) is 1. The van der Waals surface area contributed by atoms with Crippen LogP contribution in [0.15, 0.2) is 40.9 Å². The second-order valence-corrected chi connectivity index (χ2v) is 7.77. The molecule has 1 aliphatic carbocycles. The Kier molecular flexibility index (Phi) is 5.07. The normalized spacial score (nSPS) is 13.8. The summed E-state index contributed by atoms with van der Waals surface area (Å²) < 4.78 is 11.5. The van der Waals surface area contributed by atoms with Crippen molar-refractivity contribution in [2.24, 2.45) is 0 Å². The van der Waals surface area contributed by atoms with E-state index in [1.807, 2.05) is 0 Å². The number of rotatable bonds is 5. The fourth-order valence-electron chi connectivity index (χ4n) is 2.79. The summed E-state index contributed by atoms with van der Waals surface area (Å²) in [6.45, 7) is 0.228. The minimum absolute atomic E-state index is 0.228. The van der Waals surface area contributed by atoms with E-state index in [2.05, 4.69) is 5.16 Å². The third kappa shape index (κ3) is 3.54. The first kappa shape index (κ1) is 18.0. The van der Waals surface area contributed by atoms with Crippen LogP contribution in [0.5, 0.6) is 5.75 Å². The molecule has 0 spiro atoms. The topological polar surface area (TPSA) is 35.3 Å². The van der Waals surface area contributed by atoms with Crippen molar-refractivity contribution in [1.29, 1.82) is 0 Å². The van der Waals surface area contributed by atoms with Crippen molar-refractivity contribution in [3.05, 3.63) is 67.8 Å². The minimum atomic E-state index is 0.228. The summed E-state index contributed by atoms with van der Waals surface area (Å²) in [6, 6.07) is 10.4. The van der Waals surface area contributed by atoms with E-state index in [1.54, 1.807) is 36.4 Å². The van der Waals surface area contributed by atoms with Crippen LogP contribution in [0.2, 0.25) is 20.1 Å². The predicted octanol–water partition coefficient (Wildman–Crippen LogP) is 7.41. The molecule has 26 heavy (non-hydrogen) atoms. The van der Waals surface area contributed by atoms with Crippen LogP contribution in [0.25, 0.3) is 11.3 Å². The number of halogens is 4. The first-order chi connectivity index (χ1) is 12.5. The van der Waals surface area contributed by atoms with Gasteiger partial charge in [0.15, 0.2) is 0 Å². The molecular weight excluding hydrogens is 416 g/mol. The van der Waals surface area contributed by atoms with Crippen molar-refractivity contribution in [3.63, 3.8) is 0 Å². The van der Waals surface area contributed by atoms with E-state index in [4.69, 9.17) is 55.7 Å². The molecule has 0 aliphatic heterocycles. The lowest BCUT2D eigenvalue weighted by atomic mass is 10.0. The number of aromatic nitrogens is 1. The molecule has 0 radical (unpaired) electrons. The lowest BCUT2D eigenvalue weighted by Crippen LogP contribution is -2.00. The molecule has 1 saturated carbocycles. The highest BCUT2D eigenvalue weighted by atomic mass is 35.5. The van der Waals surface area contributed by atoms with Gasteiger partial charge in [0.1, 0.15) is 23.8 Å². The monoisotopic (exact) mass is 427 g/mol. The van der Waals surface area contributed by atoms with Gasteiger partial charge < -0.3 is 9.26 Å². The second kappa shape index (κ2) is 7.32. The molecule has 0 bridgehead atoms. The Morgan fingerprint density at radius 3 is 2.42 bits per heavy atom. The first-order valence-electron chi connectivity index (χ1n) is 8.05. The van der Waals surface area contributed by atoms with Gasteiger partial charge in [-0.05, 0) is 37.1 Å². The second-order valence-electron chi connectivity index (χ2n) is 6.11. The summed E-state index contributed by atoms with van der Waals surface area (Å²) in [5.41, 5.74) is 2.07. The third-order valence-corrected chi connectivity index (χ3v) is 5.41. The van der Waals surface area contributed by atoms with E-state index in [1.165, 1.54) is 0 Å². The Balaban J connectivity index is 1.73. The Morgan fingerprint density at radius 2 is 1.73 bits per heavy atom. The smallest absolute Gasteiger partial charge is 0.147 e. The van der Waals surface area contributed by atoms with Gasteiger partial charge in [0.25, 0.3) is 0 Å². The van der Waals surface area contributed by atoms with Crippen molar-refractivity contribution in [1.82, 2.24) is 5.16 Å². The molecule has 4 rings (SSSR count). The van der Waals surface area contributed by atoms with E-state index in [9.17, 15) is 0 Å². The molecule has 1 fully saturated rings. The fraction of sp³-hybridized carbons (Fsp3) is 0.211. The SMILES string of the molecule is Clc1ccc(Cl)c(OCc2c(-c3c(Cl)cccc3Cl)noc2C2CC2)c1. The van der Waals surface area contributed by atoms with Crippen LogP contribution in [0.3, 0.4) is 0 Å². The Bertz CT molecular complexity index is 946. The summed E-state index contributed by atoms with van der Waals surface area (Å²) in [5, 5.41) is 6.29. The molecule has 1 aromatic heterocycles. The maximum Gasteiger partial charge on any atom is 0.147 e. The highest BCUT2D eigenvalue weighted by Gasteiger charge is 2.33. The summed E-state index contributed by atoms with van der Waals surface area (Å²) >= 11 is 24.9.